The molecule has 1 aliphatic heterocycles. The molecule has 1 heterocycles. The van der Waals surface area contributed by atoms with Crippen molar-refractivity contribution >= 4 is 18.1 Å². The Labute approximate surface area is 130 Å². The largest absolute Gasteiger partial charge is 0.339 e. The minimum absolute atomic E-state index is 0.0399. The van der Waals surface area contributed by atoms with Crippen LogP contribution < -0.4 is 0 Å². The van der Waals surface area contributed by atoms with Crippen molar-refractivity contribution in [2.45, 2.75) is 20.3 Å². The standard InChI is InChI=1S/C17H22N2O3/c1-3-13(2)16(21)18-8-10-19(11-9-18)17(22)15-6-4-14(12-20)5-7-15/h4-7,12-13H,3,8-11H2,1-2H3. The molecule has 5 heteroatoms. The van der Waals surface area contributed by atoms with Crippen LogP contribution in [0.3, 0.4) is 0 Å². The second-order valence-electron chi connectivity index (χ2n) is 5.67. The van der Waals surface area contributed by atoms with Crippen LogP contribution in [0, 0.1) is 5.92 Å². The summed E-state index contributed by atoms with van der Waals surface area (Å²) in [6.45, 7) is 6.22. The molecular weight excluding hydrogens is 280 g/mol. The summed E-state index contributed by atoms with van der Waals surface area (Å²) in [7, 11) is 0. The summed E-state index contributed by atoms with van der Waals surface area (Å²) < 4.78 is 0. The van der Waals surface area contributed by atoms with Crippen molar-refractivity contribution in [3.8, 4) is 0 Å². The molecule has 0 bridgehead atoms. The molecule has 118 valence electrons. The third kappa shape index (κ3) is 3.53. The summed E-state index contributed by atoms with van der Waals surface area (Å²) in [6, 6.07) is 6.62. The van der Waals surface area contributed by atoms with Gasteiger partial charge in [0.2, 0.25) is 5.91 Å². The van der Waals surface area contributed by atoms with E-state index in [1.54, 1.807) is 29.2 Å². The van der Waals surface area contributed by atoms with Crippen LogP contribution in [0.15, 0.2) is 24.3 Å². The fraction of sp³-hybridized carbons (Fsp3) is 0.471. The number of rotatable bonds is 4. The highest BCUT2D eigenvalue weighted by Gasteiger charge is 2.26. The highest BCUT2D eigenvalue weighted by atomic mass is 16.2. The minimum Gasteiger partial charge on any atom is -0.339 e. The second kappa shape index (κ2) is 7.20. The fourth-order valence-corrected chi connectivity index (χ4v) is 2.50. The van der Waals surface area contributed by atoms with Crippen LogP contribution in [0.4, 0.5) is 0 Å². The van der Waals surface area contributed by atoms with Gasteiger partial charge < -0.3 is 9.80 Å². The Morgan fingerprint density at radius 1 is 1.09 bits per heavy atom. The number of carbonyl (C=O) groups is 3. The van der Waals surface area contributed by atoms with Gasteiger partial charge in [0.1, 0.15) is 6.29 Å². The molecule has 1 aliphatic rings. The number of hydrogen-bond donors (Lipinski definition) is 0. The molecule has 2 amide bonds. The number of hydrogen-bond acceptors (Lipinski definition) is 3. The summed E-state index contributed by atoms with van der Waals surface area (Å²) in [4.78, 5) is 38.8. The van der Waals surface area contributed by atoms with E-state index < -0.39 is 0 Å². The Bertz CT molecular complexity index is 546. The number of aldehydes is 1. The molecule has 0 radical (unpaired) electrons. The van der Waals surface area contributed by atoms with Crippen molar-refractivity contribution in [1.82, 2.24) is 9.80 Å². The average molecular weight is 302 g/mol. The van der Waals surface area contributed by atoms with Crippen molar-refractivity contribution in [3.63, 3.8) is 0 Å². The van der Waals surface area contributed by atoms with Gasteiger partial charge in [0.05, 0.1) is 0 Å². The number of amides is 2. The molecule has 5 nitrogen and oxygen atoms in total. The zero-order valence-corrected chi connectivity index (χ0v) is 13.1. The third-order valence-corrected chi connectivity index (χ3v) is 4.21. The average Bonchev–Trinajstić information content (AvgIpc) is 2.60. The van der Waals surface area contributed by atoms with Crippen LogP contribution in [-0.4, -0.2) is 54.1 Å². The van der Waals surface area contributed by atoms with Crippen LogP contribution in [0.5, 0.6) is 0 Å². The molecule has 2 rings (SSSR count). The molecule has 0 aliphatic carbocycles. The molecule has 1 aromatic carbocycles. The van der Waals surface area contributed by atoms with Crippen LogP contribution in [0.2, 0.25) is 0 Å². The minimum atomic E-state index is -0.0481. The van der Waals surface area contributed by atoms with Gasteiger partial charge in [-0.1, -0.05) is 26.0 Å². The van der Waals surface area contributed by atoms with Gasteiger partial charge in [0, 0.05) is 43.2 Å². The van der Waals surface area contributed by atoms with Gasteiger partial charge in [-0.15, -0.1) is 0 Å². The monoisotopic (exact) mass is 302 g/mol. The molecule has 0 saturated carbocycles. The molecule has 1 fully saturated rings. The fourth-order valence-electron chi connectivity index (χ4n) is 2.50. The summed E-state index contributed by atoms with van der Waals surface area (Å²) in [5, 5.41) is 0. The summed E-state index contributed by atoms with van der Waals surface area (Å²) in [5.41, 5.74) is 1.13. The number of benzene rings is 1. The molecule has 22 heavy (non-hydrogen) atoms. The van der Waals surface area contributed by atoms with Crippen molar-refractivity contribution in [1.29, 1.82) is 0 Å². The van der Waals surface area contributed by atoms with Gasteiger partial charge in [0.25, 0.3) is 5.91 Å². The molecule has 0 aromatic heterocycles. The zero-order chi connectivity index (χ0) is 16.1. The molecule has 1 unspecified atom stereocenters. The second-order valence-corrected chi connectivity index (χ2v) is 5.67. The van der Waals surface area contributed by atoms with E-state index in [4.69, 9.17) is 0 Å². The summed E-state index contributed by atoms with van der Waals surface area (Å²) in [5.74, 6) is 0.163. The Balaban J connectivity index is 1.94. The number of piperazine rings is 1. The quantitative estimate of drug-likeness (QED) is 0.797. The van der Waals surface area contributed by atoms with Gasteiger partial charge in [-0.2, -0.15) is 0 Å². The predicted molar refractivity (Wildman–Crippen MR) is 83.8 cm³/mol. The Kier molecular flexibility index (Phi) is 5.31. The lowest BCUT2D eigenvalue weighted by Gasteiger charge is -2.36. The zero-order valence-electron chi connectivity index (χ0n) is 13.1. The molecule has 1 atom stereocenters. The number of nitrogens with zero attached hydrogens (tertiary/aromatic N) is 2. The van der Waals surface area contributed by atoms with Crippen molar-refractivity contribution in [2.75, 3.05) is 26.2 Å². The normalized spacial score (nSPS) is 16.3. The van der Waals surface area contributed by atoms with Gasteiger partial charge in [-0.05, 0) is 18.6 Å². The van der Waals surface area contributed by atoms with Crippen molar-refractivity contribution < 1.29 is 14.4 Å². The van der Waals surface area contributed by atoms with Crippen molar-refractivity contribution in [3.05, 3.63) is 35.4 Å². The maximum absolute atomic E-state index is 12.4. The van der Waals surface area contributed by atoms with E-state index in [0.717, 1.165) is 12.7 Å². The van der Waals surface area contributed by atoms with E-state index in [1.165, 1.54) is 0 Å². The highest BCUT2D eigenvalue weighted by Crippen LogP contribution is 2.13. The Hall–Kier alpha value is -2.17. The van der Waals surface area contributed by atoms with Gasteiger partial charge in [0.15, 0.2) is 0 Å². The lowest BCUT2D eigenvalue weighted by atomic mass is 10.1. The van der Waals surface area contributed by atoms with Gasteiger partial charge in [-0.3, -0.25) is 14.4 Å². The van der Waals surface area contributed by atoms with Crippen LogP contribution in [-0.2, 0) is 4.79 Å². The van der Waals surface area contributed by atoms with Crippen molar-refractivity contribution in [2.24, 2.45) is 5.92 Å². The molecule has 1 aromatic rings. The first-order valence-corrected chi connectivity index (χ1v) is 7.70. The van der Waals surface area contributed by atoms with E-state index in [9.17, 15) is 14.4 Å². The SMILES string of the molecule is CCC(C)C(=O)N1CCN(C(=O)c2ccc(C=O)cc2)CC1. The Morgan fingerprint density at radius 2 is 1.64 bits per heavy atom. The highest BCUT2D eigenvalue weighted by molar-refractivity contribution is 5.95. The summed E-state index contributed by atoms with van der Waals surface area (Å²) in [6.07, 6.45) is 1.59. The molecule has 0 N–H and O–H groups in total. The smallest absolute Gasteiger partial charge is 0.253 e. The van der Waals surface area contributed by atoms with E-state index >= 15 is 0 Å². The predicted octanol–water partition coefficient (Wildman–Crippen LogP) is 1.83. The topological polar surface area (TPSA) is 57.7 Å². The van der Waals surface area contributed by atoms with Crippen LogP contribution >= 0.6 is 0 Å². The number of carbonyl (C=O) groups excluding carboxylic acids is 3. The van der Waals surface area contributed by atoms with E-state index in [0.29, 0.717) is 37.3 Å². The molecular formula is C17H22N2O3. The first kappa shape index (κ1) is 16.2. The molecule has 0 spiro atoms. The first-order valence-electron chi connectivity index (χ1n) is 7.70. The van der Waals surface area contributed by atoms with Gasteiger partial charge in [-0.25, -0.2) is 0 Å². The third-order valence-electron chi connectivity index (χ3n) is 4.21. The lowest BCUT2D eigenvalue weighted by Crippen LogP contribution is -2.51. The van der Waals surface area contributed by atoms with E-state index in [-0.39, 0.29) is 17.7 Å². The maximum atomic E-state index is 12.4. The maximum Gasteiger partial charge on any atom is 0.253 e. The van der Waals surface area contributed by atoms with E-state index in [2.05, 4.69) is 0 Å². The van der Waals surface area contributed by atoms with Crippen LogP contribution in [0.25, 0.3) is 0 Å². The lowest BCUT2D eigenvalue weighted by molar-refractivity contribution is -0.136. The first-order chi connectivity index (χ1) is 10.6. The Morgan fingerprint density at radius 3 is 2.14 bits per heavy atom. The van der Waals surface area contributed by atoms with Gasteiger partial charge >= 0.3 is 0 Å². The van der Waals surface area contributed by atoms with E-state index in [1.807, 2.05) is 18.7 Å². The summed E-state index contributed by atoms with van der Waals surface area (Å²) >= 11 is 0. The van der Waals surface area contributed by atoms with Crippen LogP contribution in [0.1, 0.15) is 41.0 Å². The molecule has 1 saturated heterocycles.